The zero-order valence-electron chi connectivity index (χ0n) is 16.9. The highest BCUT2D eigenvalue weighted by Gasteiger charge is 2.30. The summed E-state index contributed by atoms with van der Waals surface area (Å²) in [5, 5.41) is 3.20. The van der Waals surface area contributed by atoms with Gasteiger partial charge in [-0.25, -0.2) is 19.9 Å². The molecule has 0 bridgehead atoms. The lowest BCUT2D eigenvalue weighted by Crippen LogP contribution is -2.35. The van der Waals surface area contributed by atoms with E-state index in [0.717, 1.165) is 42.0 Å². The summed E-state index contributed by atoms with van der Waals surface area (Å²) in [5.74, 6) is 2.59. The van der Waals surface area contributed by atoms with Gasteiger partial charge in [-0.1, -0.05) is 24.3 Å². The van der Waals surface area contributed by atoms with E-state index in [1.54, 1.807) is 24.8 Å². The number of anilines is 1. The van der Waals surface area contributed by atoms with E-state index >= 15 is 0 Å². The van der Waals surface area contributed by atoms with Gasteiger partial charge in [0.15, 0.2) is 0 Å². The molecule has 0 aliphatic carbocycles. The lowest BCUT2D eigenvalue weighted by Gasteiger charge is -2.35. The maximum atomic E-state index is 5.30. The first-order valence-electron chi connectivity index (χ1n) is 9.82. The largest absolute Gasteiger partial charge is 0.481 e. The fourth-order valence-corrected chi connectivity index (χ4v) is 4.64. The number of benzene rings is 1. The van der Waals surface area contributed by atoms with E-state index in [0.29, 0.717) is 5.88 Å². The first kappa shape index (κ1) is 18.7. The van der Waals surface area contributed by atoms with E-state index in [-0.39, 0.29) is 5.92 Å². The Bertz CT molecular complexity index is 1170. The smallest absolute Gasteiger partial charge is 0.218 e. The van der Waals surface area contributed by atoms with E-state index in [1.165, 1.54) is 11.1 Å². The van der Waals surface area contributed by atoms with Crippen molar-refractivity contribution in [2.75, 3.05) is 18.6 Å². The number of thiazole rings is 1. The van der Waals surface area contributed by atoms with Crippen molar-refractivity contribution in [1.29, 1.82) is 0 Å². The van der Waals surface area contributed by atoms with Crippen LogP contribution in [0.25, 0.3) is 0 Å². The predicted octanol–water partition coefficient (Wildman–Crippen LogP) is 3.65. The minimum Gasteiger partial charge on any atom is -0.481 e. The normalized spacial score (nSPS) is 15.8. The number of aryl methyl sites for hydroxylation is 1. The van der Waals surface area contributed by atoms with Gasteiger partial charge in [0.05, 0.1) is 30.3 Å². The van der Waals surface area contributed by atoms with Crippen molar-refractivity contribution >= 4 is 17.2 Å². The Balaban J connectivity index is 1.52. The van der Waals surface area contributed by atoms with Crippen LogP contribution in [-0.4, -0.2) is 38.2 Å². The van der Waals surface area contributed by atoms with E-state index < -0.39 is 0 Å². The van der Waals surface area contributed by atoms with Crippen molar-refractivity contribution in [3.63, 3.8) is 0 Å². The number of nitrogens with zero attached hydrogens (tertiary/aromatic N) is 6. The minimum atomic E-state index is 0.130. The molecule has 8 heteroatoms. The van der Waals surface area contributed by atoms with Crippen LogP contribution in [0, 0.1) is 6.92 Å². The van der Waals surface area contributed by atoms with Crippen LogP contribution in [0.3, 0.4) is 0 Å². The van der Waals surface area contributed by atoms with Gasteiger partial charge in [-0.3, -0.25) is 0 Å². The SMILES string of the molecule is COc1cc(N2Cc3ccccc3[C@@H](c3nccn3Cc3csc(C)n3)C2)ncn1. The van der Waals surface area contributed by atoms with Crippen molar-refractivity contribution in [2.45, 2.75) is 25.9 Å². The van der Waals surface area contributed by atoms with Crippen LogP contribution in [0.2, 0.25) is 0 Å². The van der Waals surface area contributed by atoms with Gasteiger partial charge in [0.1, 0.15) is 18.0 Å². The fourth-order valence-electron chi connectivity index (χ4n) is 4.04. The van der Waals surface area contributed by atoms with Crippen LogP contribution in [0.1, 0.15) is 33.6 Å². The van der Waals surface area contributed by atoms with Crippen molar-refractivity contribution in [3.05, 3.63) is 82.1 Å². The molecule has 0 amide bonds. The minimum absolute atomic E-state index is 0.130. The summed E-state index contributed by atoms with van der Waals surface area (Å²) >= 11 is 1.68. The van der Waals surface area contributed by atoms with Gasteiger partial charge in [0.2, 0.25) is 5.88 Å². The molecule has 7 nitrogen and oxygen atoms in total. The number of hydrogen-bond donors (Lipinski definition) is 0. The number of fused-ring (bicyclic) bond motifs is 1. The molecule has 4 aromatic rings. The maximum absolute atomic E-state index is 5.30. The lowest BCUT2D eigenvalue weighted by molar-refractivity contribution is 0.396. The van der Waals surface area contributed by atoms with Crippen LogP contribution in [0.15, 0.2) is 54.4 Å². The molecule has 0 fully saturated rings. The topological polar surface area (TPSA) is 69.0 Å². The number of aromatic nitrogens is 5. The molecule has 152 valence electrons. The first-order valence-corrected chi connectivity index (χ1v) is 10.7. The number of hydrogen-bond acceptors (Lipinski definition) is 7. The molecular weight excluding hydrogens is 396 g/mol. The van der Waals surface area contributed by atoms with Gasteiger partial charge in [0, 0.05) is 36.9 Å². The molecule has 0 saturated carbocycles. The van der Waals surface area contributed by atoms with Gasteiger partial charge in [-0.2, -0.15) is 0 Å². The van der Waals surface area contributed by atoms with Crippen molar-refractivity contribution in [3.8, 4) is 5.88 Å². The van der Waals surface area contributed by atoms with Crippen molar-refractivity contribution < 1.29 is 4.74 Å². The third-order valence-electron chi connectivity index (χ3n) is 5.41. The van der Waals surface area contributed by atoms with Crippen LogP contribution >= 0.6 is 11.3 Å². The average Bonchev–Trinajstić information content (AvgIpc) is 3.42. The van der Waals surface area contributed by atoms with Crippen LogP contribution in [-0.2, 0) is 13.1 Å². The number of imidazole rings is 1. The molecule has 5 rings (SSSR count). The second-order valence-electron chi connectivity index (χ2n) is 7.32. The van der Waals surface area contributed by atoms with E-state index in [9.17, 15) is 0 Å². The van der Waals surface area contributed by atoms with E-state index in [2.05, 4.69) is 54.1 Å². The zero-order valence-corrected chi connectivity index (χ0v) is 17.7. The van der Waals surface area contributed by atoms with Crippen molar-refractivity contribution in [2.24, 2.45) is 0 Å². The van der Waals surface area contributed by atoms with Crippen molar-refractivity contribution in [1.82, 2.24) is 24.5 Å². The Morgan fingerprint density at radius 3 is 2.93 bits per heavy atom. The van der Waals surface area contributed by atoms with Crippen LogP contribution in [0.4, 0.5) is 5.82 Å². The molecule has 0 N–H and O–H groups in total. The third kappa shape index (κ3) is 3.54. The Hall–Kier alpha value is -3.26. The third-order valence-corrected chi connectivity index (χ3v) is 6.24. The fraction of sp³-hybridized carbons (Fsp3) is 0.273. The molecule has 30 heavy (non-hydrogen) atoms. The second-order valence-corrected chi connectivity index (χ2v) is 8.38. The Labute approximate surface area is 179 Å². The summed E-state index contributed by atoms with van der Waals surface area (Å²) in [5.41, 5.74) is 3.67. The summed E-state index contributed by atoms with van der Waals surface area (Å²) in [7, 11) is 1.62. The van der Waals surface area contributed by atoms with Crippen LogP contribution < -0.4 is 9.64 Å². The standard InChI is InChI=1S/C22H22N6OS/c1-15-26-17(13-30-15)11-27-8-7-23-22(27)19-12-28(10-16-5-3-4-6-18(16)19)20-9-21(29-2)25-14-24-20/h3-9,13-14,19H,10-12H2,1-2H3/t19-/m0/s1. The molecule has 0 radical (unpaired) electrons. The molecule has 1 aromatic carbocycles. The van der Waals surface area contributed by atoms with Gasteiger partial charge in [0.25, 0.3) is 0 Å². The highest BCUT2D eigenvalue weighted by molar-refractivity contribution is 7.09. The van der Waals surface area contributed by atoms with Gasteiger partial charge < -0.3 is 14.2 Å². The van der Waals surface area contributed by atoms with E-state index in [4.69, 9.17) is 9.72 Å². The van der Waals surface area contributed by atoms with Gasteiger partial charge in [-0.15, -0.1) is 11.3 Å². The molecule has 3 aromatic heterocycles. The quantitative estimate of drug-likeness (QED) is 0.493. The molecule has 0 saturated heterocycles. The number of methoxy groups -OCH3 is 1. The Morgan fingerprint density at radius 2 is 2.10 bits per heavy atom. The second kappa shape index (κ2) is 7.87. The first-order chi connectivity index (χ1) is 14.7. The average molecular weight is 419 g/mol. The number of rotatable bonds is 5. The predicted molar refractivity (Wildman–Crippen MR) is 116 cm³/mol. The zero-order chi connectivity index (χ0) is 20.5. The van der Waals surface area contributed by atoms with E-state index in [1.807, 2.05) is 25.4 Å². The molecule has 4 heterocycles. The summed E-state index contributed by atoms with van der Waals surface area (Å²) < 4.78 is 7.51. The van der Waals surface area contributed by atoms with Crippen LogP contribution in [0.5, 0.6) is 5.88 Å². The Kier molecular flexibility index (Phi) is 4.92. The summed E-state index contributed by atoms with van der Waals surface area (Å²) in [6, 6.07) is 10.5. The Morgan fingerprint density at radius 1 is 1.20 bits per heavy atom. The highest BCUT2D eigenvalue weighted by Crippen LogP contribution is 2.35. The maximum Gasteiger partial charge on any atom is 0.218 e. The summed E-state index contributed by atoms with van der Waals surface area (Å²) in [6.07, 6.45) is 5.47. The molecule has 1 aliphatic rings. The van der Waals surface area contributed by atoms with Gasteiger partial charge in [-0.05, 0) is 18.1 Å². The van der Waals surface area contributed by atoms with Gasteiger partial charge >= 0.3 is 0 Å². The molecule has 1 atom stereocenters. The lowest BCUT2D eigenvalue weighted by atomic mass is 9.89. The monoisotopic (exact) mass is 418 g/mol. The molecular formula is C22H22N6OS. The highest BCUT2D eigenvalue weighted by atomic mass is 32.1. The number of ether oxygens (including phenoxy) is 1. The molecule has 0 unspecified atom stereocenters. The summed E-state index contributed by atoms with van der Waals surface area (Å²) in [4.78, 5) is 20.3. The molecule has 0 spiro atoms. The molecule has 1 aliphatic heterocycles. The summed E-state index contributed by atoms with van der Waals surface area (Å²) in [6.45, 7) is 4.33.